The van der Waals surface area contributed by atoms with Crippen molar-refractivity contribution in [3.63, 3.8) is 0 Å². The third-order valence-corrected chi connectivity index (χ3v) is 5.25. The van der Waals surface area contributed by atoms with Crippen molar-refractivity contribution in [2.24, 2.45) is 16.0 Å². The SMILES string of the molecule is CC(C)(CCCCOCCCCC(C)(C)CC(=O)O)CCS(N)(=O)=O. The number of unbranched alkanes of at least 4 members (excludes halogenated alkanes) is 2. The van der Waals surface area contributed by atoms with Crippen molar-refractivity contribution in [1.82, 2.24) is 0 Å². The molecule has 0 aliphatic rings. The molecule has 0 heterocycles. The smallest absolute Gasteiger partial charge is 0.303 e. The molecule has 3 N–H and O–H groups in total. The Hall–Kier alpha value is -0.660. The molecule has 0 rings (SSSR count). The van der Waals surface area contributed by atoms with Crippen molar-refractivity contribution in [1.29, 1.82) is 0 Å². The third kappa shape index (κ3) is 16.6. The molecule has 0 aromatic carbocycles. The molecule has 0 aliphatic carbocycles. The molecule has 150 valence electrons. The van der Waals surface area contributed by atoms with Crippen molar-refractivity contribution in [3.05, 3.63) is 0 Å². The van der Waals surface area contributed by atoms with Gasteiger partial charge in [-0.15, -0.1) is 0 Å². The van der Waals surface area contributed by atoms with Crippen molar-refractivity contribution in [2.75, 3.05) is 19.0 Å². The summed E-state index contributed by atoms with van der Waals surface area (Å²) in [6, 6.07) is 0. The maximum Gasteiger partial charge on any atom is 0.303 e. The van der Waals surface area contributed by atoms with Gasteiger partial charge in [0.25, 0.3) is 0 Å². The Morgan fingerprint density at radius 3 is 1.84 bits per heavy atom. The summed E-state index contributed by atoms with van der Waals surface area (Å²) in [7, 11) is -3.38. The first kappa shape index (κ1) is 24.3. The maximum absolute atomic E-state index is 11.0. The lowest BCUT2D eigenvalue weighted by atomic mass is 9.84. The Bertz CT molecular complexity index is 486. The van der Waals surface area contributed by atoms with E-state index >= 15 is 0 Å². The Labute approximate surface area is 153 Å². The fourth-order valence-corrected chi connectivity index (χ4v) is 3.60. The van der Waals surface area contributed by atoms with Gasteiger partial charge in [-0.05, 0) is 42.9 Å². The predicted molar refractivity (Wildman–Crippen MR) is 101 cm³/mol. The molecule has 0 aromatic rings. The molecule has 0 saturated heterocycles. The van der Waals surface area contributed by atoms with Crippen LogP contribution in [-0.4, -0.2) is 38.5 Å². The van der Waals surface area contributed by atoms with E-state index in [1.165, 1.54) is 0 Å². The van der Waals surface area contributed by atoms with Crippen LogP contribution in [0.25, 0.3) is 0 Å². The van der Waals surface area contributed by atoms with E-state index in [-0.39, 0.29) is 23.0 Å². The number of primary sulfonamides is 1. The molecule has 0 atom stereocenters. The number of nitrogens with two attached hydrogens (primary N) is 1. The summed E-state index contributed by atoms with van der Waals surface area (Å²) in [5, 5.41) is 13.9. The number of sulfonamides is 1. The molecule has 25 heavy (non-hydrogen) atoms. The van der Waals surface area contributed by atoms with Gasteiger partial charge in [-0.2, -0.15) is 0 Å². The van der Waals surface area contributed by atoms with Crippen LogP contribution < -0.4 is 5.14 Å². The summed E-state index contributed by atoms with van der Waals surface area (Å²) in [6.45, 7) is 9.52. The van der Waals surface area contributed by atoms with E-state index in [1.54, 1.807) is 0 Å². The molecule has 0 fully saturated rings. The molecule has 0 radical (unpaired) electrons. The number of aliphatic carboxylic acids is 1. The van der Waals surface area contributed by atoms with Gasteiger partial charge in [0.2, 0.25) is 10.0 Å². The minimum absolute atomic E-state index is 0.0256. The summed E-state index contributed by atoms with van der Waals surface area (Å²) in [5.41, 5.74) is -0.184. The molecule has 0 bridgehead atoms. The highest BCUT2D eigenvalue weighted by atomic mass is 32.2. The average Bonchev–Trinajstić information content (AvgIpc) is 2.41. The highest BCUT2D eigenvalue weighted by Crippen LogP contribution is 2.28. The number of ether oxygens (including phenoxy) is 1. The summed E-state index contributed by atoms with van der Waals surface area (Å²) in [4.78, 5) is 10.8. The van der Waals surface area contributed by atoms with Crippen molar-refractivity contribution >= 4 is 16.0 Å². The Morgan fingerprint density at radius 1 is 0.920 bits per heavy atom. The van der Waals surface area contributed by atoms with Crippen LogP contribution in [0.3, 0.4) is 0 Å². The highest BCUT2D eigenvalue weighted by Gasteiger charge is 2.21. The number of hydrogen-bond donors (Lipinski definition) is 2. The molecule has 0 aliphatic heterocycles. The van der Waals surface area contributed by atoms with Crippen molar-refractivity contribution in [2.45, 2.75) is 79.1 Å². The van der Waals surface area contributed by atoms with Gasteiger partial charge in [0.15, 0.2) is 0 Å². The molecule has 6 nitrogen and oxygen atoms in total. The molecular weight excluding hydrogens is 342 g/mol. The first-order valence-corrected chi connectivity index (χ1v) is 10.8. The van der Waals surface area contributed by atoms with Crippen LogP contribution in [0.4, 0.5) is 0 Å². The van der Waals surface area contributed by atoms with E-state index < -0.39 is 16.0 Å². The van der Waals surface area contributed by atoms with Gasteiger partial charge in [-0.25, -0.2) is 13.6 Å². The highest BCUT2D eigenvalue weighted by molar-refractivity contribution is 7.89. The van der Waals surface area contributed by atoms with E-state index in [1.807, 2.05) is 13.8 Å². The number of hydrogen-bond acceptors (Lipinski definition) is 4. The number of carboxylic acid groups (broad SMARTS) is 1. The number of carbonyl (C=O) groups is 1. The zero-order chi connectivity index (χ0) is 19.6. The topological polar surface area (TPSA) is 107 Å². The van der Waals surface area contributed by atoms with Gasteiger partial charge in [0.1, 0.15) is 0 Å². The quantitative estimate of drug-likeness (QED) is 0.423. The normalized spacial score (nSPS) is 13.2. The minimum Gasteiger partial charge on any atom is -0.481 e. The van der Waals surface area contributed by atoms with Gasteiger partial charge >= 0.3 is 5.97 Å². The van der Waals surface area contributed by atoms with Gasteiger partial charge < -0.3 is 9.84 Å². The molecule has 0 saturated carbocycles. The number of carboxylic acids is 1. The van der Waals surface area contributed by atoms with Gasteiger partial charge in [-0.3, -0.25) is 4.79 Å². The van der Waals surface area contributed by atoms with Crippen molar-refractivity contribution < 1.29 is 23.1 Å². The van der Waals surface area contributed by atoms with Gasteiger partial charge in [-0.1, -0.05) is 40.5 Å². The van der Waals surface area contributed by atoms with Crippen LogP contribution in [0.15, 0.2) is 0 Å². The summed E-state index contributed by atoms with van der Waals surface area (Å²) >= 11 is 0. The van der Waals surface area contributed by atoms with E-state index in [0.29, 0.717) is 19.6 Å². The van der Waals surface area contributed by atoms with Crippen LogP contribution in [0.5, 0.6) is 0 Å². The summed E-state index contributed by atoms with van der Waals surface area (Å²) in [6.07, 6.45) is 6.51. The minimum atomic E-state index is -3.38. The van der Waals surface area contributed by atoms with Gasteiger partial charge in [0.05, 0.1) is 12.2 Å². The summed E-state index contributed by atoms with van der Waals surface area (Å²) in [5.74, 6) is -0.706. The number of rotatable bonds is 15. The van der Waals surface area contributed by atoms with E-state index in [2.05, 4.69) is 13.8 Å². The first-order chi connectivity index (χ1) is 11.3. The van der Waals surface area contributed by atoms with Crippen LogP contribution in [0.1, 0.15) is 79.1 Å². The predicted octanol–water partition coefficient (Wildman–Crippen LogP) is 3.55. The Balaban J connectivity index is 3.63. The maximum atomic E-state index is 11.0. The van der Waals surface area contributed by atoms with Crippen molar-refractivity contribution in [3.8, 4) is 0 Å². The zero-order valence-corrected chi connectivity index (χ0v) is 17.2. The van der Waals surface area contributed by atoms with E-state index in [0.717, 1.165) is 38.5 Å². The fraction of sp³-hybridized carbons (Fsp3) is 0.944. The largest absolute Gasteiger partial charge is 0.481 e. The molecular formula is C18H37NO5S. The van der Waals surface area contributed by atoms with Crippen LogP contribution in [-0.2, 0) is 19.6 Å². The van der Waals surface area contributed by atoms with Gasteiger partial charge in [0, 0.05) is 13.2 Å². The zero-order valence-electron chi connectivity index (χ0n) is 16.3. The lowest BCUT2D eigenvalue weighted by Gasteiger charge is -2.24. The third-order valence-electron chi connectivity index (χ3n) is 4.48. The fourth-order valence-electron chi connectivity index (χ4n) is 2.76. The molecule has 0 spiro atoms. The Morgan fingerprint density at radius 2 is 1.40 bits per heavy atom. The summed E-state index contributed by atoms with van der Waals surface area (Å²) < 4.78 is 27.7. The van der Waals surface area contributed by atoms with Crippen LogP contribution >= 0.6 is 0 Å². The second-order valence-electron chi connectivity index (χ2n) is 8.54. The van der Waals surface area contributed by atoms with E-state index in [9.17, 15) is 13.2 Å². The molecule has 0 unspecified atom stereocenters. The first-order valence-electron chi connectivity index (χ1n) is 9.13. The monoisotopic (exact) mass is 379 g/mol. The lowest BCUT2D eigenvalue weighted by molar-refractivity contribution is -0.139. The second-order valence-corrected chi connectivity index (χ2v) is 10.3. The van der Waals surface area contributed by atoms with Crippen LogP contribution in [0, 0.1) is 10.8 Å². The molecule has 0 aromatic heterocycles. The molecule has 0 amide bonds. The van der Waals surface area contributed by atoms with Crippen LogP contribution in [0.2, 0.25) is 0 Å². The molecule has 7 heteroatoms. The average molecular weight is 380 g/mol. The second kappa shape index (κ2) is 11.1. The Kier molecular flexibility index (Phi) is 10.8. The standard InChI is InChI=1S/C18H37NO5S/c1-17(2,11-14-25(19,22)23)9-5-7-12-24-13-8-6-10-18(3,4)15-16(20)21/h5-15H2,1-4H3,(H,20,21)(H2,19,22,23). The van der Waals surface area contributed by atoms with E-state index in [4.69, 9.17) is 15.0 Å². The lowest BCUT2D eigenvalue weighted by Crippen LogP contribution is -2.22.